The minimum Gasteiger partial charge on any atom is -0.508 e. The van der Waals surface area contributed by atoms with E-state index in [1.54, 1.807) is 6.07 Å². The van der Waals surface area contributed by atoms with E-state index in [0.717, 1.165) is 18.4 Å². The molecule has 0 bridgehead atoms. The largest absolute Gasteiger partial charge is 0.508 e. The van der Waals surface area contributed by atoms with Gasteiger partial charge in [-0.2, -0.15) is 0 Å². The van der Waals surface area contributed by atoms with Gasteiger partial charge in [-0.1, -0.05) is 110 Å². The van der Waals surface area contributed by atoms with E-state index in [2.05, 4.69) is 13.8 Å². The van der Waals surface area contributed by atoms with E-state index in [1.807, 2.05) is 6.07 Å². The SMILES string of the molecule is CCCCCCCCCCCCCCC(CCCC)c1ccc(O)cc1O. The van der Waals surface area contributed by atoms with Crippen LogP contribution in [0.1, 0.15) is 128 Å². The molecule has 1 atom stereocenters. The number of phenolic OH excluding ortho intramolecular Hbond substituents is 2. The first kappa shape index (κ1) is 23.9. The highest BCUT2D eigenvalue weighted by Gasteiger charge is 2.15. The van der Waals surface area contributed by atoms with Crippen LogP contribution >= 0.6 is 0 Å². The van der Waals surface area contributed by atoms with Crippen molar-refractivity contribution in [2.24, 2.45) is 0 Å². The van der Waals surface area contributed by atoms with Gasteiger partial charge in [0.15, 0.2) is 0 Å². The highest BCUT2D eigenvalue weighted by atomic mass is 16.3. The van der Waals surface area contributed by atoms with E-state index in [1.165, 1.54) is 96.0 Å². The molecule has 0 aliphatic carbocycles. The van der Waals surface area contributed by atoms with Gasteiger partial charge in [0.05, 0.1) is 0 Å². The first-order chi connectivity index (χ1) is 13.2. The predicted molar refractivity (Wildman–Crippen MR) is 118 cm³/mol. The van der Waals surface area contributed by atoms with Crippen molar-refractivity contribution in [2.75, 3.05) is 0 Å². The van der Waals surface area contributed by atoms with Crippen molar-refractivity contribution in [3.8, 4) is 11.5 Å². The van der Waals surface area contributed by atoms with Crippen molar-refractivity contribution in [2.45, 2.75) is 122 Å². The Morgan fingerprint density at radius 2 is 1.11 bits per heavy atom. The zero-order valence-electron chi connectivity index (χ0n) is 18.0. The fourth-order valence-corrected chi connectivity index (χ4v) is 4.01. The average molecular weight is 377 g/mol. The molecule has 27 heavy (non-hydrogen) atoms. The van der Waals surface area contributed by atoms with Crippen LogP contribution in [0.15, 0.2) is 18.2 Å². The van der Waals surface area contributed by atoms with Gasteiger partial charge in [0.25, 0.3) is 0 Å². The van der Waals surface area contributed by atoms with Gasteiger partial charge in [0.1, 0.15) is 11.5 Å². The number of hydrogen-bond donors (Lipinski definition) is 2. The van der Waals surface area contributed by atoms with Gasteiger partial charge in [-0.3, -0.25) is 0 Å². The minimum atomic E-state index is 0.149. The fraction of sp³-hybridized carbons (Fsp3) is 0.760. The summed E-state index contributed by atoms with van der Waals surface area (Å²) in [4.78, 5) is 0. The lowest BCUT2D eigenvalue weighted by Crippen LogP contribution is -2.00. The van der Waals surface area contributed by atoms with E-state index in [0.29, 0.717) is 5.92 Å². The van der Waals surface area contributed by atoms with Crippen LogP contribution in [-0.2, 0) is 0 Å². The Kier molecular flexibility index (Phi) is 14.0. The van der Waals surface area contributed by atoms with Crippen LogP contribution in [0.5, 0.6) is 11.5 Å². The quantitative estimate of drug-likeness (QED) is 0.268. The molecule has 0 radical (unpaired) electrons. The first-order valence-corrected chi connectivity index (χ1v) is 11.7. The highest BCUT2D eigenvalue weighted by Crippen LogP contribution is 2.35. The lowest BCUT2D eigenvalue weighted by Gasteiger charge is -2.18. The normalized spacial score (nSPS) is 12.4. The van der Waals surface area contributed by atoms with Crippen molar-refractivity contribution < 1.29 is 10.2 Å². The summed E-state index contributed by atoms with van der Waals surface area (Å²) in [5.74, 6) is 0.833. The lowest BCUT2D eigenvalue weighted by atomic mass is 9.88. The van der Waals surface area contributed by atoms with Gasteiger partial charge >= 0.3 is 0 Å². The summed E-state index contributed by atoms with van der Waals surface area (Å²) in [6.45, 7) is 4.50. The van der Waals surface area contributed by atoms with Gasteiger partial charge in [-0.05, 0) is 30.4 Å². The molecule has 0 heterocycles. The summed E-state index contributed by atoms with van der Waals surface area (Å²) in [5.41, 5.74) is 1.02. The summed E-state index contributed by atoms with van der Waals surface area (Å²) >= 11 is 0. The third-order valence-corrected chi connectivity index (χ3v) is 5.77. The molecule has 1 aromatic rings. The van der Waals surface area contributed by atoms with Gasteiger partial charge < -0.3 is 10.2 Å². The molecule has 0 aliphatic heterocycles. The third kappa shape index (κ3) is 11.3. The van der Waals surface area contributed by atoms with E-state index in [-0.39, 0.29) is 11.5 Å². The van der Waals surface area contributed by atoms with Crippen LogP contribution in [0.25, 0.3) is 0 Å². The summed E-state index contributed by atoms with van der Waals surface area (Å²) in [6.07, 6.45) is 21.2. The number of aromatic hydroxyl groups is 2. The van der Waals surface area contributed by atoms with Gasteiger partial charge in [0.2, 0.25) is 0 Å². The molecule has 0 amide bonds. The van der Waals surface area contributed by atoms with E-state index >= 15 is 0 Å². The summed E-state index contributed by atoms with van der Waals surface area (Å²) in [5, 5.41) is 19.7. The number of benzene rings is 1. The standard InChI is InChI=1S/C25H44O2/c1-3-5-7-8-9-10-11-12-13-14-15-16-18-22(17-6-4-2)24-20-19-23(26)21-25(24)27/h19-22,26-27H,3-18H2,1-2H3. The molecule has 0 saturated carbocycles. The highest BCUT2D eigenvalue weighted by molar-refractivity contribution is 5.41. The van der Waals surface area contributed by atoms with Crippen LogP contribution in [-0.4, -0.2) is 10.2 Å². The van der Waals surface area contributed by atoms with E-state index in [4.69, 9.17) is 0 Å². The maximum absolute atomic E-state index is 10.2. The second-order valence-electron chi connectivity index (χ2n) is 8.26. The van der Waals surface area contributed by atoms with Gasteiger partial charge in [-0.25, -0.2) is 0 Å². The summed E-state index contributed by atoms with van der Waals surface area (Å²) < 4.78 is 0. The number of unbranched alkanes of at least 4 members (excludes halogenated alkanes) is 12. The molecule has 2 nitrogen and oxygen atoms in total. The molecule has 1 unspecified atom stereocenters. The number of hydrogen-bond acceptors (Lipinski definition) is 2. The first-order valence-electron chi connectivity index (χ1n) is 11.7. The van der Waals surface area contributed by atoms with Crippen LogP contribution in [0.2, 0.25) is 0 Å². The van der Waals surface area contributed by atoms with Gasteiger partial charge in [0, 0.05) is 6.07 Å². The van der Waals surface area contributed by atoms with Crippen LogP contribution in [0.4, 0.5) is 0 Å². The average Bonchev–Trinajstić information content (AvgIpc) is 2.65. The second-order valence-corrected chi connectivity index (χ2v) is 8.26. The smallest absolute Gasteiger partial charge is 0.122 e. The second kappa shape index (κ2) is 15.8. The molecule has 156 valence electrons. The molecule has 1 rings (SSSR count). The molecule has 0 aliphatic rings. The summed E-state index contributed by atoms with van der Waals surface area (Å²) in [6, 6.07) is 5.10. The van der Waals surface area contributed by atoms with E-state index < -0.39 is 0 Å². The van der Waals surface area contributed by atoms with Crippen molar-refractivity contribution in [1.82, 2.24) is 0 Å². The monoisotopic (exact) mass is 376 g/mol. The number of rotatable bonds is 17. The van der Waals surface area contributed by atoms with Crippen LogP contribution in [0.3, 0.4) is 0 Å². The zero-order chi connectivity index (χ0) is 19.7. The Morgan fingerprint density at radius 1 is 0.630 bits per heavy atom. The molecule has 2 N–H and O–H groups in total. The lowest BCUT2D eigenvalue weighted by molar-refractivity contribution is 0.429. The topological polar surface area (TPSA) is 40.5 Å². The van der Waals surface area contributed by atoms with Gasteiger partial charge in [-0.15, -0.1) is 0 Å². The Morgan fingerprint density at radius 3 is 1.63 bits per heavy atom. The van der Waals surface area contributed by atoms with Crippen molar-refractivity contribution in [3.05, 3.63) is 23.8 Å². The molecular weight excluding hydrogens is 332 g/mol. The Bertz CT molecular complexity index is 469. The molecule has 0 spiro atoms. The van der Waals surface area contributed by atoms with Crippen LogP contribution < -0.4 is 0 Å². The zero-order valence-corrected chi connectivity index (χ0v) is 18.0. The molecular formula is C25H44O2. The molecule has 0 saturated heterocycles. The predicted octanol–water partition coefficient (Wildman–Crippen LogP) is 8.46. The van der Waals surface area contributed by atoms with Crippen LogP contribution in [0, 0.1) is 0 Å². The number of phenols is 2. The van der Waals surface area contributed by atoms with Crippen molar-refractivity contribution >= 4 is 0 Å². The molecule has 0 fully saturated rings. The Labute approximate surface area is 168 Å². The maximum Gasteiger partial charge on any atom is 0.122 e. The Hall–Kier alpha value is -1.18. The molecule has 0 aromatic heterocycles. The fourth-order valence-electron chi connectivity index (χ4n) is 4.01. The van der Waals surface area contributed by atoms with Crippen molar-refractivity contribution in [3.63, 3.8) is 0 Å². The van der Waals surface area contributed by atoms with E-state index in [9.17, 15) is 10.2 Å². The summed E-state index contributed by atoms with van der Waals surface area (Å²) in [7, 11) is 0. The van der Waals surface area contributed by atoms with Crippen molar-refractivity contribution in [1.29, 1.82) is 0 Å². The molecule has 2 heteroatoms. The maximum atomic E-state index is 10.2. The molecule has 1 aromatic carbocycles. The Balaban J connectivity index is 2.15. The minimum absolute atomic E-state index is 0.149. The third-order valence-electron chi connectivity index (χ3n) is 5.77.